The normalized spacial score (nSPS) is 14.5. The van der Waals surface area contributed by atoms with E-state index in [1.165, 1.54) is 11.1 Å². The molecule has 25 heavy (non-hydrogen) atoms. The second kappa shape index (κ2) is 9.23. The molecular weight excluding hydrogens is 310 g/mol. The van der Waals surface area contributed by atoms with Crippen LogP contribution in [0.2, 0.25) is 0 Å². The van der Waals surface area contributed by atoms with Gasteiger partial charge in [0.2, 0.25) is 0 Å². The molecule has 0 spiro atoms. The molecule has 2 aromatic carbocycles. The van der Waals surface area contributed by atoms with Gasteiger partial charge >= 0.3 is 6.03 Å². The van der Waals surface area contributed by atoms with E-state index in [-0.39, 0.29) is 6.03 Å². The fraction of sp³-hybridized carbons (Fsp3) is 0.381. The molecule has 2 amide bonds. The molecule has 3 rings (SSSR count). The van der Waals surface area contributed by atoms with Crippen LogP contribution in [0.3, 0.4) is 0 Å². The van der Waals surface area contributed by atoms with Gasteiger partial charge in [-0.15, -0.1) is 0 Å². The molecule has 2 aromatic rings. The maximum atomic E-state index is 12.2. The van der Waals surface area contributed by atoms with Crippen LogP contribution in [0.15, 0.2) is 60.7 Å². The molecule has 1 fully saturated rings. The summed E-state index contributed by atoms with van der Waals surface area (Å²) in [6.07, 6.45) is 1.99. The van der Waals surface area contributed by atoms with E-state index in [2.05, 4.69) is 71.3 Å². The van der Waals surface area contributed by atoms with Gasteiger partial charge in [-0.2, -0.15) is 0 Å². The molecule has 0 aromatic heterocycles. The smallest absolute Gasteiger partial charge is 0.317 e. The van der Waals surface area contributed by atoms with Crippen molar-refractivity contribution in [2.24, 2.45) is 0 Å². The molecule has 4 nitrogen and oxygen atoms in total. The van der Waals surface area contributed by atoms with Gasteiger partial charge in [-0.3, -0.25) is 0 Å². The van der Waals surface area contributed by atoms with Crippen LogP contribution in [0, 0.1) is 0 Å². The second-order valence-corrected chi connectivity index (χ2v) is 6.49. The SMILES string of the molecule is O=C(NCCCC(c1ccccc1)c1ccccc1)N1CCNCC1. The number of nitrogens with zero attached hydrogens (tertiary/aromatic N) is 1. The summed E-state index contributed by atoms with van der Waals surface area (Å²) < 4.78 is 0. The van der Waals surface area contributed by atoms with Gasteiger partial charge in [0.1, 0.15) is 0 Å². The van der Waals surface area contributed by atoms with E-state index in [9.17, 15) is 4.79 Å². The first kappa shape index (κ1) is 17.5. The summed E-state index contributed by atoms with van der Waals surface area (Å²) in [5.74, 6) is 0.374. The first-order valence-electron chi connectivity index (χ1n) is 9.18. The third kappa shape index (κ3) is 5.07. The third-order valence-electron chi connectivity index (χ3n) is 4.75. The molecule has 0 unspecified atom stereocenters. The molecule has 0 saturated carbocycles. The molecule has 132 valence electrons. The van der Waals surface area contributed by atoms with Gasteiger partial charge in [-0.1, -0.05) is 60.7 Å². The Morgan fingerprint density at radius 2 is 1.52 bits per heavy atom. The minimum absolute atomic E-state index is 0.0671. The van der Waals surface area contributed by atoms with Gasteiger partial charge in [0.25, 0.3) is 0 Å². The Labute approximate surface area is 150 Å². The van der Waals surface area contributed by atoms with E-state index in [0.717, 1.165) is 45.6 Å². The van der Waals surface area contributed by atoms with Crippen LogP contribution in [0.5, 0.6) is 0 Å². The lowest BCUT2D eigenvalue weighted by molar-refractivity contribution is 0.190. The average molecular weight is 337 g/mol. The summed E-state index contributed by atoms with van der Waals surface area (Å²) in [6, 6.07) is 21.3. The highest BCUT2D eigenvalue weighted by molar-refractivity contribution is 5.74. The largest absolute Gasteiger partial charge is 0.338 e. The van der Waals surface area contributed by atoms with Crippen LogP contribution < -0.4 is 10.6 Å². The van der Waals surface area contributed by atoms with Gasteiger partial charge in [0.05, 0.1) is 0 Å². The number of amides is 2. The van der Waals surface area contributed by atoms with Crippen molar-refractivity contribution >= 4 is 6.03 Å². The molecule has 1 aliphatic rings. The zero-order valence-corrected chi connectivity index (χ0v) is 14.7. The number of benzene rings is 2. The Bertz CT molecular complexity index is 599. The van der Waals surface area contributed by atoms with Crippen molar-refractivity contribution in [2.75, 3.05) is 32.7 Å². The van der Waals surface area contributed by atoms with Crippen molar-refractivity contribution in [3.8, 4) is 0 Å². The van der Waals surface area contributed by atoms with E-state index in [1.54, 1.807) is 0 Å². The topological polar surface area (TPSA) is 44.4 Å². The van der Waals surface area contributed by atoms with Crippen molar-refractivity contribution < 1.29 is 4.79 Å². The molecule has 0 aliphatic carbocycles. The van der Waals surface area contributed by atoms with Crippen LogP contribution in [0.25, 0.3) is 0 Å². The Morgan fingerprint density at radius 3 is 2.08 bits per heavy atom. The van der Waals surface area contributed by atoms with Gasteiger partial charge < -0.3 is 15.5 Å². The van der Waals surface area contributed by atoms with Crippen molar-refractivity contribution in [3.63, 3.8) is 0 Å². The van der Waals surface area contributed by atoms with Crippen molar-refractivity contribution in [1.29, 1.82) is 0 Å². The number of rotatable bonds is 6. The van der Waals surface area contributed by atoms with Crippen LogP contribution in [-0.4, -0.2) is 43.7 Å². The lowest BCUT2D eigenvalue weighted by atomic mass is 9.87. The highest BCUT2D eigenvalue weighted by Gasteiger charge is 2.16. The Hall–Kier alpha value is -2.33. The van der Waals surface area contributed by atoms with Crippen molar-refractivity contribution in [2.45, 2.75) is 18.8 Å². The van der Waals surface area contributed by atoms with Gasteiger partial charge in [-0.05, 0) is 24.0 Å². The maximum absolute atomic E-state index is 12.2. The molecule has 4 heteroatoms. The monoisotopic (exact) mass is 337 g/mol. The molecular formula is C21H27N3O. The predicted octanol–water partition coefficient (Wildman–Crippen LogP) is 3.21. The Kier molecular flexibility index (Phi) is 6.46. The standard InChI is InChI=1S/C21H27N3O/c25-21(24-16-14-22-15-17-24)23-13-7-12-20(18-8-3-1-4-9-18)19-10-5-2-6-11-19/h1-6,8-11,20,22H,7,12-17H2,(H,23,25). The minimum Gasteiger partial charge on any atom is -0.338 e. The average Bonchev–Trinajstić information content (AvgIpc) is 2.70. The fourth-order valence-electron chi connectivity index (χ4n) is 3.38. The van der Waals surface area contributed by atoms with E-state index < -0.39 is 0 Å². The molecule has 1 heterocycles. The molecule has 1 saturated heterocycles. The second-order valence-electron chi connectivity index (χ2n) is 6.49. The zero-order valence-electron chi connectivity index (χ0n) is 14.7. The lowest BCUT2D eigenvalue weighted by Crippen LogP contribution is -2.50. The quantitative estimate of drug-likeness (QED) is 0.795. The number of nitrogens with one attached hydrogen (secondary N) is 2. The Balaban J connectivity index is 1.53. The molecule has 0 atom stereocenters. The van der Waals surface area contributed by atoms with Crippen LogP contribution in [0.1, 0.15) is 29.9 Å². The van der Waals surface area contributed by atoms with Crippen LogP contribution >= 0.6 is 0 Å². The fourth-order valence-corrected chi connectivity index (χ4v) is 3.38. The molecule has 1 aliphatic heterocycles. The molecule has 0 bridgehead atoms. The molecule has 0 radical (unpaired) electrons. The van der Waals surface area contributed by atoms with E-state index in [0.29, 0.717) is 5.92 Å². The van der Waals surface area contributed by atoms with Crippen molar-refractivity contribution in [3.05, 3.63) is 71.8 Å². The maximum Gasteiger partial charge on any atom is 0.317 e. The number of hydrogen-bond acceptors (Lipinski definition) is 2. The number of carbonyl (C=O) groups is 1. The first-order valence-corrected chi connectivity index (χ1v) is 9.18. The summed E-state index contributed by atoms with van der Waals surface area (Å²) in [5, 5.41) is 6.34. The highest BCUT2D eigenvalue weighted by atomic mass is 16.2. The summed E-state index contributed by atoms with van der Waals surface area (Å²) in [7, 11) is 0. The Morgan fingerprint density at radius 1 is 0.960 bits per heavy atom. The summed E-state index contributed by atoms with van der Waals surface area (Å²) in [6.45, 7) is 4.08. The number of urea groups is 1. The number of hydrogen-bond donors (Lipinski definition) is 2. The van der Waals surface area contributed by atoms with Gasteiger partial charge in [0, 0.05) is 38.6 Å². The first-order chi connectivity index (χ1) is 12.3. The van der Waals surface area contributed by atoms with Gasteiger partial charge in [-0.25, -0.2) is 4.79 Å². The van der Waals surface area contributed by atoms with Crippen LogP contribution in [0.4, 0.5) is 4.79 Å². The highest BCUT2D eigenvalue weighted by Crippen LogP contribution is 2.28. The summed E-state index contributed by atoms with van der Waals surface area (Å²) >= 11 is 0. The lowest BCUT2D eigenvalue weighted by Gasteiger charge is -2.27. The third-order valence-corrected chi connectivity index (χ3v) is 4.75. The molecule has 2 N–H and O–H groups in total. The van der Waals surface area contributed by atoms with E-state index in [1.807, 2.05) is 4.90 Å². The van der Waals surface area contributed by atoms with E-state index in [4.69, 9.17) is 0 Å². The summed E-state index contributed by atoms with van der Waals surface area (Å²) in [4.78, 5) is 14.1. The van der Waals surface area contributed by atoms with E-state index >= 15 is 0 Å². The number of carbonyl (C=O) groups excluding carboxylic acids is 1. The van der Waals surface area contributed by atoms with Gasteiger partial charge in [0.15, 0.2) is 0 Å². The summed E-state index contributed by atoms with van der Waals surface area (Å²) in [5.41, 5.74) is 2.67. The zero-order chi connectivity index (χ0) is 17.3. The minimum atomic E-state index is 0.0671. The van der Waals surface area contributed by atoms with Crippen molar-refractivity contribution in [1.82, 2.24) is 15.5 Å². The predicted molar refractivity (Wildman–Crippen MR) is 102 cm³/mol. The number of piperazine rings is 1. The van der Waals surface area contributed by atoms with Crippen LogP contribution in [-0.2, 0) is 0 Å².